The number of phosphoric acid groups is 3. The summed E-state index contributed by atoms with van der Waals surface area (Å²) in [5.41, 5.74) is 2.96. The molecule has 6 radical (unpaired) electrons. The number of nitrogens with one attached hydrogen (secondary N) is 1. The number of fused-ring (bicyclic) bond motifs is 1. The SMILES string of the molecule is [B]c1nc2c(=O)[nH]c(N)nc2n1C(CO)O[C@@](F)(CO)C([B])([B])OP(=O)(O)OP(=O)(O)OP(=O)(O)O. The van der Waals surface area contributed by atoms with E-state index < -0.39 is 82.6 Å². The Balaban J connectivity index is 2.41. The molecule has 0 aliphatic carbocycles. The summed E-state index contributed by atoms with van der Waals surface area (Å²) in [6.45, 7) is -3.14. The van der Waals surface area contributed by atoms with Crippen LogP contribution < -0.4 is 17.0 Å². The second-order valence-corrected chi connectivity index (χ2v) is 10.9. The number of imidazole rings is 1. The van der Waals surface area contributed by atoms with Gasteiger partial charge in [-0.05, 0) is 0 Å². The highest BCUT2D eigenvalue weighted by molar-refractivity contribution is 7.66. The standard InChI is InChI=1S/C10H14B3FN5O14P3/c11-7-16-4-5(17-8(15)18-6(4)22)19(7)3(1-20)30-9(14,2-21)10(12,13)31-35(26,27)33-36(28,29)32-34(23,24)25/h3,20-21H,1-2H2,(H,26,27)(H,28,29)(H2,23,24,25)(H3,15,17,18,22)/t3?,9-/m0/s1. The number of alkyl halides is 1. The molecule has 0 aliphatic heterocycles. The van der Waals surface area contributed by atoms with E-state index in [2.05, 4.69) is 28.1 Å². The van der Waals surface area contributed by atoms with Gasteiger partial charge in [0.25, 0.3) is 5.56 Å². The second-order valence-electron chi connectivity index (χ2n) is 6.58. The fraction of sp³-hybridized carbons (Fsp3) is 0.500. The van der Waals surface area contributed by atoms with Crippen LogP contribution in [0.25, 0.3) is 11.2 Å². The maximum absolute atomic E-state index is 15.5. The van der Waals surface area contributed by atoms with Crippen molar-refractivity contribution in [3.8, 4) is 0 Å². The van der Waals surface area contributed by atoms with Gasteiger partial charge in [0, 0.05) is 0 Å². The minimum absolute atomic E-state index is 0.461. The first-order valence-corrected chi connectivity index (χ1v) is 13.2. The highest BCUT2D eigenvalue weighted by Crippen LogP contribution is 2.67. The van der Waals surface area contributed by atoms with Crippen LogP contribution in [-0.4, -0.2) is 97.3 Å². The zero-order chi connectivity index (χ0) is 27.9. The quantitative estimate of drug-likeness (QED) is 0.0887. The van der Waals surface area contributed by atoms with Gasteiger partial charge in [0.05, 0.1) is 17.7 Å². The molecule has 2 heterocycles. The molecule has 19 nitrogen and oxygen atoms in total. The fourth-order valence-electron chi connectivity index (χ4n) is 2.50. The van der Waals surface area contributed by atoms with Gasteiger partial charge in [0.1, 0.15) is 22.3 Å². The lowest BCUT2D eigenvalue weighted by Gasteiger charge is -2.41. The van der Waals surface area contributed by atoms with Crippen LogP contribution in [0.4, 0.5) is 10.3 Å². The summed E-state index contributed by atoms with van der Waals surface area (Å²) < 4.78 is 66.0. The molecule has 3 unspecified atom stereocenters. The van der Waals surface area contributed by atoms with E-state index in [9.17, 15) is 38.5 Å². The van der Waals surface area contributed by atoms with Crippen molar-refractivity contribution in [2.45, 2.75) is 17.5 Å². The van der Waals surface area contributed by atoms with Crippen LogP contribution in [0, 0.1) is 0 Å². The highest BCUT2D eigenvalue weighted by Gasteiger charge is 2.54. The Morgan fingerprint density at radius 2 is 1.69 bits per heavy atom. The Bertz CT molecular complexity index is 1340. The molecule has 0 aromatic carbocycles. The molecule has 2 rings (SSSR count). The average Bonchev–Trinajstić information content (AvgIpc) is 2.98. The van der Waals surface area contributed by atoms with Crippen molar-refractivity contribution in [3.05, 3.63) is 10.4 Å². The van der Waals surface area contributed by atoms with Gasteiger partial charge in [-0.2, -0.15) is 13.6 Å². The summed E-state index contributed by atoms with van der Waals surface area (Å²) in [7, 11) is -1.75. The molecule has 0 spiro atoms. The molecule has 2 aromatic heterocycles. The second kappa shape index (κ2) is 10.4. The monoisotopic (exact) mass is 573 g/mol. The molecule has 0 saturated heterocycles. The fourth-order valence-corrected chi connectivity index (χ4v) is 5.65. The summed E-state index contributed by atoms with van der Waals surface area (Å²) in [5, 5.41) is 15.4. The molecule has 9 N–H and O–H groups in total. The Hall–Kier alpha value is -1.44. The minimum atomic E-state index is -6.15. The van der Waals surface area contributed by atoms with Crippen molar-refractivity contribution in [1.29, 1.82) is 0 Å². The Morgan fingerprint density at radius 1 is 1.11 bits per heavy atom. The predicted molar refractivity (Wildman–Crippen MR) is 115 cm³/mol. The van der Waals surface area contributed by atoms with Crippen LogP contribution in [-0.2, 0) is 31.6 Å². The van der Waals surface area contributed by atoms with Crippen molar-refractivity contribution >= 4 is 69.8 Å². The van der Waals surface area contributed by atoms with Gasteiger partial charge in [-0.1, -0.05) is 0 Å². The number of anilines is 1. The third-order valence-corrected chi connectivity index (χ3v) is 7.69. The van der Waals surface area contributed by atoms with E-state index >= 15 is 4.39 Å². The van der Waals surface area contributed by atoms with Crippen LogP contribution in [0.5, 0.6) is 0 Å². The Kier molecular flexibility index (Phi) is 8.87. The van der Waals surface area contributed by atoms with Gasteiger partial charge in [-0.3, -0.25) is 18.9 Å². The molecule has 0 saturated carbocycles. The summed E-state index contributed by atoms with van der Waals surface area (Å²) in [5.74, 6) is -4.49. The number of phosphoric ester groups is 1. The third-order valence-electron chi connectivity index (χ3n) is 3.83. The van der Waals surface area contributed by atoms with E-state index in [0.29, 0.717) is 4.57 Å². The average molecular weight is 573 g/mol. The number of aromatic amines is 1. The van der Waals surface area contributed by atoms with Crippen molar-refractivity contribution < 1.29 is 65.8 Å². The van der Waals surface area contributed by atoms with Crippen LogP contribution >= 0.6 is 23.5 Å². The number of nitrogens with two attached hydrogens (primary N) is 1. The summed E-state index contributed by atoms with van der Waals surface area (Å²) >= 11 is 0. The maximum atomic E-state index is 15.5. The molecule has 194 valence electrons. The summed E-state index contributed by atoms with van der Waals surface area (Å²) in [6, 6.07) is 0. The van der Waals surface area contributed by atoms with E-state index in [1.54, 1.807) is 0 Å². The third kappa shape index (κ3) is 7.11. The molecular weight excluding hydrogens is 558 g/mol. The van der Waals surface area contributed by atoms with E-state index in [0.717, 1.165) is 0 Å². The molecular formula is C10H14B3FN5O14P3. The van der Waals surface area contributed by atoms with Gasteiger partial charge in [-0.15, -0.1) is 0 Å². The maximum Gasteiger partial charge on any atom is 0.490 e. The van der Waals surface area contributed by atoms with Gasteiger partial charge in [0.2, 0.25) is 11.8 Å². The number of nitrogen functional groups attached to an aromatic ring is 1. The number of aliphatic hydroxyl groups is 2. The van der Waals surface area contributed by atoms with Crippen molar-refractivity contribution in [3.63, 3.8) is 0 Å². The van der Waals surface area contributed by atoms with Crippen LogP contribution in [0.3, 0.4) is 0 Å². The van der Waals surface area contributed by atoms with Crippen LogP contribution in [0.1, 0.15) is 6.23 Å². The smallest absolute Gasteiger partial charge is 0.392 e. The number of H-pyrrole nitrogens is 1. The molecule has 0 amide bonds. The van der Waals surface area contributed by atoms with E-state index in [1.807, 2.05) is 0 Å². The minimum Gasteiger partial charge on any atom is -0.392 e. The zero-order valence-electron chi connectivity index (χ0n) is 17.3. The molecule has 4 atom stereocenters. The van der Waals surface area contributed by atoms with Crippen LogP contribution in [0.2, 0.25) is 0 Å². The Morgan fingerprint density at radius 3 is 2.19 bits per heavy atom. The largest absolute Gasteiger partial charge is 0.490 e. The van der Waals surface area contributed by atoms with Gasteiger partial charge >= 0.3 is 23.5 Å². The lowest BCUT2D eigenvalue weighted by molar-refractivity contribution is -0.260. The molecule has 0 bridgehead atoms. The summed E-state index contributed by atoms with van der Waals surface area (Å²) in [4.78, 5) is 57.2. The first-order valence-electron chi connectivity index (χ1n) is 8.70. The lowest BCUT2D eigenvalue weighted by Crippen LogP contribution is -2.59. The highest BCUT2D eigenvalue weighted by atomic mass is 31.3. The normalized spacial score (nSPS) is 18.9. The number of nitrogens with zero attached hydrogens (tertiary/aromatic N) is 3. The van der Waals surface area contributed by atoms with E-state index in [1.165, 1.54) is 0 Å². The predicted octanol–water partition coefficient (Wildman–Crippen LogP) is -4.00. The molecule has 0 fully saturated rings. The first kappa shape index (κ1) is 30.8. The molecule has 26 heteroatoms. The topological polar surface area (TPSA) is 299 Å². The van der Waals surface area contributed by atoms with Gasteiger partial charge in [0.15, 0.2) is 25.2 Å². The summed E-state index contributed by atoms with van der Waals surface area (Å²) in [6.07, 6.45) is -2.10. The van der Waals surface area contributed by atoms with Crippen molar-refractivity contribution in [1.82, 2.24) is 19.5 Å². The number of aliphatic hydroxyl groups excluding tert-OH is 2. The number of rotatable bonds is 12. The molecule has 36 heavy (non-hydrogen) atoms. The first-order chi connectivity index (χ1) is 16.2. The van der Waals surface area contributed by atoms with E-state index in [4.69, 9.17) is 43.8 Å². The number of halogens is 1. The van der Waals surface area contributed by atoms with Crippen molar-refractivity contribution in [2.75, 3.05) is 18.9 Å². The van der Waals surface area contributed by atoms with E-state index in [-0.39, 0.29) is 0 Å². The number of aromatic nitrogens is 4. The molecule has 2 aromatic rings. The lowest BCUT2D eigenvalue weighted by atomic mass is 9.61. The number of hydrogen-bond donors (Lipinski definition) is 8. The Labute approximate surface area is 202 Å². The number of ether oxygens (including phenoxy) is 1. The number of hydrogen-bond acceptors (Lipinski definition) is 13. The molecule has 0 aliphatic rings. The van der Waals surface area contributed by atoms with Gasteiger partial charge in [-0.25, -0.2) is 23.1 Å². The zero-order valence-corrected chi connectivity index (χ0v) is 20.0. The van der Waals surface area contributed by atoms with Gasteiger partial charge < -0.3 is 40.3 Å². The van der Waals surface area contributed by atoms with Crippen LogP contribution in [0.15, 0.2) is 4.79 Å². The van der Waals surface area contributed by atoms with Crippen molar-refractivity contribution in [2.24, 2.45) is 0 Å².